The fraction of sp³-hybridized carbons (Fsp3) is 0.0500. The van der Waals surface area contributed by atoms with Crippen molar-refractivity contribution in [3.05, 3.63) is 78.4 Å². The van der Waals surface area contributed by atoms with E-state index in [1.54, 1.807) is 0 Å². The molecule has 0 unspecified atom stereocenters. The Kier molecular flexibility index (Phi) is 2.71. The molecule has 0 amide bonds. The van der Waals surface area contributed by atoms with E-state index in [-0.39, 0.29) is 0 Å². The first-order valence-corrected chi connectivity index (χ1v) is 7.17. The van der Waals surface area contributed by atoms with Gasteiger partial charge in [-0.15, -0.1) is 0 Å². The van der Waals surface area contributed by atoms with Crippen molar-refractivity contribution in [1.29, 1.82) is 0 Å². The summed E-state index contributed by atoms with van der Waals surface area (Å²) in [4.78, 5) is 4.81. The van der Waals surface area contributed by atoms with Crippen LogP contribution >= 0.6 is 0 Å². The van der Waals surface area contributed by atoms with Crippen LogP contribution in [-0.2, 0) is 0 Å². The van der Waals surface area contributed by atoms with Gasteiger partial charge in [0, 0.05) is 10.9 Å². The van der Waals surface area contributed by atoms with Crippen molar-refractivity contribution >= 4 is 21.7 Å². The molecule has 1 nitrogen and oxygen atoms in total. The number of para-hydroxylation sites is 1. The summed E-state index contributed by atoms with van der Waals surface area (Å²) in [6.07, 6.45) is 0. The van der Waals surface area contributed by atoms with E-state index in [0.29, 0.717) is 0 Å². The second kappa shape index (κ2) is 4.71. The van der Waals surface area contributed by atoms with Gasteiger partial charge in [-0.25, -0.2) is 4.98 Å². The fourth-order valence-corrected chi connectivity index (χ4v) is 2.85. The lowest BCUT2D eigenvalue weighted by atomic mass is 10.0. The van der Waals surface area contributed by atoms with Crippen LogP contribution in [0.1, 0.15) is 5.56 Å². The van der Waals surface area contributed by atoms with Gasteiger partial charge in [-0.05, 0) is 41.5 Å². The summed E-state index contributed by atoms with van der Waals surface area (Å²) >= 11 is 0. The smallest absolute Gasteiger partial charge is 0.0712 e. The number of hydrogen-bond donors (Lipinski definition) is 0. The lowest BCUT2D eigenvalue weighted by Crippen LogP contribution is -1.88. The van der Waals surface area contributed by atoms with Crippen LogP contribution in [0.15, 0.2) is 72.8 Å². The number of benzene rings is 3. The predicted molar refractivity (Wildman–Crippen MR) is 89.4 cm³/mol. The van der Waals surface area contributed by atoms with Crippen molar-refractivity contribution in [3.8, 4) is 11.3 Å². The molecule has 0 fully saturated rings. The van der Waals surface area contributed by atoms with E-state index in [2.05, 4.69) is 73.7 Å². The van der Waals surface area contributed by atoms with Crippen molar-refractivity contribution in [2.45, 2.75) is 6.92 Å². The number of pyridine rings is 1. The summed E-state index contributed by atoms with van der Waals surface area (Å²) in [7, 11) is 0. The van der Waals surface area contributed by atoms with Crippen LogP contribution < -0.4 is 0 Å². The molecule has 3 aromatic carbocycles. The molecule has 0 bridgehead atoms. The van der Waals surface area contributed by atoms with Gasteiger partial charge in [0.2, 0.25) is 0 Å². The number of aromatic nitrogens is 1. The normalized spacial score (nSPS) is 11.1. The van der Waals surface area contributed by atoms with Crippen molar-refractivity contribution in [1.82, 2.24) is 4.98 Å². The quantitative estimate of drug-likeness (QED) is 0.453. The van der Waals surface area contributed by atoms with Gasteiger partial charge in [0.1, 0.15) is 0 Å². The first-order valence-electron chi connectivity index (χ1n) is 7.17. The Morgan fingerprint density at radius 3 is 2.38 bits per heavy atom. The highest BCUT2D eigenvalue weighted by molar-refractivity contribution is 5.89. The topological polar surface area (TPSA) is 12.9 Å². The zero-order valence-electron chi connectivity index (χ0n) is 11.9. The van der Waals surface area contributed by atoms with Crippen molar-refractivity contribution in [2.75, 3.05) is 0 Å². The third-order valence-electron chi connectivity index (χ3n) is 3.97. The molecule has 0 aliphatic rings. The Labute approximate surface area is 123 Å². The van der Waals surface area contributed by atoms with E-state index in [4.69, 9.17) is 4.98 Å². The van der Waals surface area contributed by atoms with Gasteiger partial charge in [-0.1, -0.05) is 54.6 Å². The van der Waals surface area contributed by atoms with Gasteiger partial charge in [-0.2, -0.15) is 0 Å². The number of nitrogens with zero attached hydrogens (tertiary/aromatic N) is 1. The highest BCUT2D eigenvalue weighted by Crippen LogP contribution is 2.26. The molecule has 0 radical (unpaired) electrons. The van der Waals surface area contributed by atoms with Gasteiger partial charge in [0.05, 0.1) is 11.2 Å². The van der Waals surface area contributed by atoms with E-state index in [0.717, 1.165) is 11.2 Å². The van der Waals surface area contributed by atoms with Crippen molar-refractivity contribution in [2.24, 2.45) is 0 Å². The Morgan fingerprint density at radius 1 is 0.714 bits per heavy atom. The van der Waals surface area contributed by atoms with Crippen LogP contribution in [-0.4, -0.2) is 4.98 Å². The molecular weight excluding hydrogens is 254 g/mol. The largest absolute Gasteiger partial charge is 0.248 e. The van der Waals surface area contributed by atoms with Crippen molar-refractivity contribution < 1.29 is 0 Å². The lowest BCUT2D eigenvalue weighted by Gasteiger charge is -2.07. The molecule has 100 valence electrons. The molecule has 21 heavy (non-hydrogen) atoms. The molecule has 0 atom stereocenters. The molecule has 0 saturated heterocycles. The molecule has 1 aromatic heterocycles. The van der Waals surface area contributed by atoms with E-state index in [1.165, 1.54) is 27.3 Å². The molecular formula is C20H15N. The summed E-state index contributed by atoms with van der Waals surface area (Å²) in [6.45, 7) is 2.15. The summed E-state index contributed by atoms with van der Waals surface area (Å²) in [5.74, 6) is 0. The van der Waals surface area contributed by atoms with Gasteiger partial charge in [0.25, 0.3) is 0 Å². The summed E-state index contributed by atoms with van der Waals surface area (Å²) in [6, 6.07) is 25.4. The third-order valence-corrected chi connectivity index (χ3v) is 3.97. The predicted octanol–water partition coefficient (Wildman–Crippen LogP) is 5.36. The minimum atomic E-state index is 1.04. The summed E-state index contributed by atoms with van der Waals surface area (Å²) < 4.78 is 0. The number of hydrogen-bond acceptors (Lipinski definition) is 1. The zero-order valence-corrected chi connectivity index (χ0v) is 11.9. The molecule has 0 aliphatic heterocycles. The highest BCUT2D eigenvalue weighted by atomic mass is 14.7. The average molecular weight is 269 g/mol. The third kappa shape index (κ3) is 2.07. The number of fused-ring (bicyclic) bond motifs is 2. The summed E-state index contributed by atoms with van der Waals surface area (Å²) in [5.41, 5.74) is 4.53. The van der Waals surface area contributed by atoms with Crippen LogP contribution in [0.4, 0.5) is 0 Å². The maximum Gasteiger partial charge on any atom is 0.0712 e. The van der Waals surface area contributed by atoms with Crippen molar-refractivity contribution in [3.63, 3.8) is 0 Å². The monoisotopic (exact) mass is 269 g/mol. The molecule has 0 aliphatic carbocycles. The van der Waals surface area contributed by atoms with E-state index in [9.17, 15) is 0 Å². The lowest BCUT2D eigenvalue weighted by molar-refractivity contribution is 1.36. The van der Waals surface area contributed by atoms with Gasteiger partial charge >= 0.3 is 0 Å². The van der Waals surface area contributed by atoms with E-state index in [1.807, 2.05) is 6.07 Å². The Hall–Kier alpha value is -2.67. The second-order valence-electron chi connectivity index (χ2n) is 5.40. The van der Waals surface area contributed by atoms with Gasteiger partial charge in [0.15, 0.2) is 0 Å². The van der Waals surface area contributed by atoms with E-state index >= 15 is 0 Å². The number of aryl methyl sites for hydroxylation is 1. The van der Waals surface area contributed by atoms with Crippen LogP contribution in [0, 0.1) is 6.92 Å². The molecule has 0 spiro atoms. The molecule has 4 rings (SSSR count). The Balaban J connectivity index is 1.95. The zero-order chi connectivity index (χ0) is 14.2. The average Bonchev–Trinajstić information content (AvgIpc) is 2.54. The van der Waals surface area contributed by atoms with Crippen LogP contribution in [0.25, 0.3) is 32.9 Å². The maximum atomic E-state index is 4.81. The second-order valence-corrected chi connectivity index (χ2v) is 5.40. The van der Waals surface area contributed by atoms with Gasteiger partial charge < -0.3 is 0 Å². The molecule has 0 N–H and O–H groups in total. The van der Waals surface area contributed by atoms with Crippen LogP contribution in [0.2, 0.25) is 0 Å². The fourth-order valence-electron chi connectivity index (χ4n) is 2.85. The minimum Gasteiger partial charge on any atom is -0.248 e. The molecule has 1 heterocycles. The highest BCUT2D eigenvalue weighted by Gasteiger charge is 2.05. The first kappa shape index (κ1) is 12.1. The standard InChI is InChI=1S/C20H15N/c1-14-12-20(21-19-9-5-4-8-18(14)19)17-11-10-15-6-2-3-7-16(15)13-17/h2-13H,1H3. The van der Waals surface area contributed by atoms with E-state index < -0.39 is 0 Å². The van der Waals surface area contributed by atoms with Crippen LogP contribution in [0.3, 0.4) is 0 Å². The summed E-state index contributed by atoms with van der Waals surface area (Å²) in [5, 5.41) is 3.74. The van der Waals surface area contributed by atoms with Crippen LogP contribution in [0.5, 0.6) is 0 Å². The molecule has 1 heteroatoms. The SMILES string of the molecule is Cc1cc(-c2ccc3ccccc3c2)nc2ccccc12. The first-order chi connectivity index (χ1) is 10.3. The molecule has 4 aromatic rings. The molecule has 0 saturated carbocycles. The Bertz CT molecular complexity index is 954. The minimum absolute atomic E-state index is 1.04. The van der Waals surface area contributed by atoms with Gasteiger partial charge in [-0.3, -0.25) is 0 Å². The maximum absolute atomic E-state index is 4.81. The number of rotatable bonds is 1. The Morgan fingerprint density at radius 2 is 1.48 bits per heavy atom.